The van der Waals surface area contributed by atoms with Crippen LogP contribution in [0.15, 0.2) is 18.2 Å². The van der Waals surface area contributed by atoms with E-state index in [0.717, 1.165) is 6.07 Å². The molecule has 2 N–H and O–H groups in total. The molecule has 0 fully saturated rings. The summed E-state index contributed by atoms with van der Waals surface area (Å²) in [6, 6.07) is 3.30. The maximum absolute atomic E-state index is 13.3. The van der Waals surface area contributed by atoms with Crippen molar-refractivity contribution in [3.05, 3.63) is 35.4 Å². The van der Waals surface area contributed by atoms with Gasteiger partial charge in [-0.05, 0) is 6.07 Å². The smallest absolute Gasteiger partial charge is 0.223 e. The van der Waals surface area contributed by atoms with Gasteiger partial charge in [0.1, 0.15) is 11.6 Å². The third-order valence-electron chi connectivity index (χ3n) is 2.21. The van der Waals surface area contributed by atoms with Gasteiger partial charge in [0.2, 0.25) is 5.91 Å². The molecule has 1 rings (SSSR count). The molecule has 88 valence electrons. The topological polar surface area (TPSA) is 46.3 Å². The second-order valence-electron chi connectivity index (χ2n) is 3.52. The zero-order valence-electron chi connectivity index (χ0n) is 9.04. The van der Waals surface area contributed by atoms with Gasteiger partial charge in [-0.15, -0.1) is 0 Å². The van der Waals surface area contributed by atoms with Crippen molar-refractivity contribution in [1.29, 1.82) is 0 Å². The van der Waals surface area contributed by atoms with E-state index >= 15 is 0 Å². The Hall–Kier alpha value is -1.49. The number of carbonyl (C=O) groups excluding carboxylic acids is 1. The largest absolute Gasteiger partial charge is 0.341 e. The number of amides is 1. The normalized spacial score (nSPS) is 10.2. The number of hydrogen-bond acceptors (Lipinski definition) is 2. The fraction of sp³-hybridized carbons (Fsp3) is 0.364. The van der Waals surface area contributed by atoms with Crippen molar-refractivity contribution in [2.75, 3.05) is 13.6 Å². The third-order valence-corrected chi connectivity index (χ3v) is 2.21. The van der Waals surface area contributed by atoms with E-state index < -0.39 is 11.6 Å². The zero-order valence-corrected chi connectivity index (χ0v) is 9.04. The van der Waals surface area contributed by atoms with Gasteiger partial charge < -0.3 is 10.6 Å². The van der Waals surface area contributed by atoms with Gasteiger partial charge in [-0.3, -0.25) is 4.79 Å². The first-order chi connectivity index (χ1) is 7.54. The maximum atomic E-state index is 13.3. The van der Waals surface area contributed by atoms with Gasteiger partial charge in [-0.25, -0.2) is 8.78 Å². The van der Waals surface area contributed by atoms with Crippen molar-refractivity contribution in [2.45, 2.75) is 13.0 Å². The molecule has 1 amide bonds. The number of hydrogen-bond donors (Lipinski definition) is 1. The summed E-state index contributed by atoms with van der Waals surface area (Å²) in [4.78, 5) is 12.7. The van der Waals surface area contributed by atoms with E-state index in [-0.39, 0.29) is 31.0 Å². The Morgan fingerprint density at radius 2 is 2.12 bits per heavy atom. The van der Waals surface area contributed by atoms with E-state index in [2.05, 4.69) is 0 Å². The molecule has 0 aliphatic heterocycles. The zero-order chi connectivity index (χ0) is 12.1. The third kappa shape index (κ3) is 3.27. The van der Waals surface area contributed by atoms with Crippen LogP contribution in [0.5, 0.6) is 0 Å². The molecule has 3 nitrogen and oxygen atoms in total. The Labute approximate surface area is 92.8 Å². The minimum absolute atomic E-state index is 0.116. The number of rotatable bonds is 4. The predicted molar refractivity (Wildman–Crippen MR) is 56.5 cm³/mol. The van der Waals surface area contributed by atoms with Gasteiger partial charge in [0, 0.05) is 38.2 Å². The van der Waals surface area contributed by atoms with Crippen LogP contribution < -0.4 is 5.73 Å². The van der Waals surface area contributed by atoms with Gasteiger partial charge in [-0.1, -0.05) is 6.07 Å². The highest BCUT2D eigenvalue weighted by Crippen LogP contribution is 2.11. The molecule has 5 heteroatoms. The molecule has 1 aromatic rings. The lowest BCUT2D eigenvalue weighted by Crippen LogP contribution is -2.28. The fourth-order valence-electron chi connectivity index (χ4n) is 1.31. The van der Waals surface area contributed by atoms with Crippen molar-refractivity contribution in [1.82, 2.24) is 4.90 Å². The lowest BCUT2D eigenvalue weighted by atomic mass is 10.2. The number of halogens is 2. The van der Waals surface area contributed by atoms with Gasteiger partial charge >= 0.3 is 0 Å². The van der Waals surface area contributed by atoms with Crippen molar-refractivity contribution in [3.8, 4) is 0 Å². The molecular formula is C11H14F2N2O. The van der Waals surface area contributed by atoms with E-state index in [0.29, 0.717) is 0 Å². The summed E-state index contributed by atoms with van der Waals surface area (Å²) >= 11 is 0. The van der Waals surface area contributed by atoms with Crippen LogP contribution in [-0.4, -0.2) is 24.4 Å². The van der Waals surface area contributed by atoms with Crippen LogP contribution in [0.3, 0.4) is 0 Å². The van der Waals surface area contributed by atoms with Gasteiger partial charge in [0.25, 0.3) is 0 Å². The highest BCUT2D eigenvalue weighted by atomic mass is 19.1. The Balaban J connectivity index is 2.69. The van der Waals surface area contributed by atoms with E-state index in [1.54, 1.807) is 7.05 Å². The number of benzene rings is 1. The Bertz CT molecular complexity index is 382. The molecule has 0 bridgehead atoms. The first-order valence-corrected chi connectivity index (χ1v) is 4.92. The molecule has 16 heavy (non-hydrogen) atoms. The molecule has 0 saturated heterocycles. The van der Waals surface area contributed by atoms with E-state index in [1.165, 1.54) is 17.0 Å². The van der Waals surface area contributed by atoms with Crippen LogP contribution in [0.4, 0.5) is 8.78 Å². The monoisotopic (exact) mass is 228 g/mol. The van der Waals surface area contributed by atoms with Crippen molar-refractivity contribution < 1.29 is 13.6 Å². The molecule has 0 spiro atoms. The van der Waals surface area contributed by atoms with Crippen molar-refractivity contribution in [2.24, 2.45) is 5.73 Å². The summed E-state index contributed by atoms with van der Waals surface area (Å²) < 4.78 is 25.9. The molecule has 0 radical (unpaired) electrons. The maximum Gasteiger partial charge on any atom is 0.223 e. The van der Waals surface area contributed by atoms with Crippen LogP contribution in [0.2, 0.25) is 0 Å². The Morgan fingerprint density at radius 1 is 1.44 bits per heavy atom. The van der Waals surface area contributed by atoms with Crippen LogP contribution in [0.1, 0.15) is 12.0 Å². The first-order valence-electron chi connectivity index (χ1n) is 4.92. The average molecular weight is 228 g/mol. The van der Waals surface area contributed by atoms with Gasteiger partial charge in [0.05, 0.1) is 0 Å². The molecule has 0 aliphatic carbocycles. The van der Waals surface area contributed by atoms with E-state index in [4.69, 9.17) is 5.73 Å². The molecule has 1 aromatic carbocycles. The number of carbonyl (C=O) groups is 1. The summed E-state index contributed by atoms with van der Waals surface area (Å²) in [5.41, 5.74) is 5.53. The van der Waals surface area contributed by atoms with Crippen molar-refractivity contribution >= 4 is 5.91 Å². The Morgan fingerprint density at radius 3 is 2.69 bits per heavy atom. The van der Waals surface area contributed by atoms with E-state index in [9.17, 15) is 13.6 Å². The second kappa shape index (κ2) is 5.55. The summed E-state index contributed by atoms with van der Waals surface area (Å²) in [5.74, 6) is -1.43. The quantitative estimate of drug-likeness (QED) is 0.843. The summed E-state index contributed by atoms with van der Waals surface area (Å²) in [7, 11) is 1.56. The minimum atomic E-state index is -0.646. The van der Waals surface area contributed by atoms with Crippen LogP contribution in [0, 0.1) is 11.6 Å². The molecule has 0 heterocycles. The minimum Gasteiger partial charge on any atom is -0.341 e. The summed E-state index contributed by atoms with van der Waals surface area (Å²) in [5, 5.41) is 0. The molecule has 0 atom stereocenters. The van der Waals surface area contributed by atoms with Crippen LogP contribution in [-0.2, 0) is 11.3 Å². The summed E-state index contributed by atoms with van der Waals surface area (Å²) in [6.07, 6.45) is 0.222. The first kappa shape index (κ1) is 12.6. The summed E-state index contributed by atoms with van der Waals surface area (Å²) in [6.45, 7) is 0.375. The van der Waals surface area contributed by atoms with E-state index in [1.807, 2.05) is 0 Å². The second-order valence-corrected chi connectivity index (χ2v) is 3.52. The molecule has 0 saturated carbocycles. The van der Waals surface area contributed by atoms with Gasteiger partial charge in [-0.2, -0.15) is 0 Å². The number of nitrogens with two attached hydrogens (primary N) is 1. The SMILES string of the molecule is CN(Cc1ccc(F)cc1F)C(=O)CCN. The van der Waals surface area contributed by atoms with Crippen molar-refractivity contribution in [3.63, 3.8) is 0 Å². The fourth-order valence-corrected chi connectivity index (χ4v) is 1.31. The molecule has 0 unspecified atom stereocenters. The standard InChI is InChI=1S/C11H14F2N2O/c1-15(11(16)4-5-14)7-8-2-3-9(12)6-10(8)13/h2-3,6H,4-5,7,14H2,1H3. The molecule has 0 aliphatic rings. The number of nitrogens with zero attached hydrogens (tertiary/aromatic N) is 1. The molecular weight excluding hydrogens is 214 g/mol. The molecule has 0 aromatic heterocycles. The predicted octanol–water partition coefficient (Wildman–Crippen LogP) is 1.27. The highest BCUT2D eigenvalue weighted by Gasteiger charge is 2.11. The van der Waals surface area contributed by atoms with Crippen LogP contribution in [0.25, 0.3) is 0 Å². The van der Waals surface area contributed by atoms with Crippen LogP contribution >= 0.6 is 0 Å². The average Bonchev–Trinajstić information content (AvgIpc) is 2.22. The van der Waals surface area contributed by atoms with Gasteiger partial charge in [0.15, 0.2) is 0 Å². The lowest BCUT2D eigenvalue weighted by Gasteiger charge is -2.17. The highest BCUT2D eigenvalue weighted by molar-refractivity contribution is 5.76. The lowest BCUT2D eigenvalue weighted by molar-refractivity contribution is -0.130. The Kier molecular flexibility index (Phi) is 4.37.